The van der Waals surface area contributed by atoms with Crippen LogP contribution in [0.1, 0.15) is 37.3 Å². The average Bonchev–Trinajstić information content (AvgIpc) is 3.25. The number of carboxylic acid groups (broad SMARTS) is 1. The minimum atomic E-state index is -1.15. The number of rotatable bonds is 4. The lowest BCUT2D eigenvalue weighted by Gasteiger charge is -2.33. The summed E-state index contributed by atoms with van der Waals surface area (Å²) in [5, 5.41) is 13.8. The van der Waals surface area contributed by atoms with Gasteiger partial charge >= 0.3 is 5.97 Å². The van der Waals surface area contributed by atoms with Crippen LogP contribution in [-0.2, 0) is 4.79 Å². The van der Waals surface area contributed by atoms with E-state index in [1.165, 1.54) is 0 Å². The summed E-state index contributed by atoms with van der Waals surface area (Å²) in [4.78, 5) is 20.9. The average molecular weight is 428 g/mol. The number of nitrogens with zero attached hydrogens (tertiary/aromatic N) is 4. The second-order valence-corrected chi connectivity index (χ2v) is 8.43. The third-order valence-electron chi connectivity index (χ3n) is 6.39. The number of hydrogen-bond acceptors (Lipinski definition) is 6. The molecule has 0 aliphatic heterocycles. The third-order valence-corrected chi connectivity index (χ3v) is 6.39. The van der Waals surface area contributed by atoms with Gasteiger partial charge < -0.3 is 16.6 Å². The van der Waals surface area contributed by atoms with Gasteiger partial charge in [-0.05, 0) is 31.7 Å². The van der Waals surface area contributed by atoms with Crippen LogP contribution in [0.15, 0.2) is 60.9 Å². The van der Waals surface area contributed by atoms with Crippen LogP contribution in [0.3, 0.4) is 0 Å². The Labute approximate surface area is 184 Å². The highest BCUT2D eigenvalue weighted by Gasteiger charge is 2.39. The quantitative estimate of drug-likeness (QED) is 0.453. The van der Waals surface area contributed by atoms with Gasteiger partial charge in [0.2, 0.25) is 0 Å². The molecule has 0 amide bonds. The molecular weight excluding hydrogens is 404 g/mol. The molecule has 4 aromatic rings. The van der Waals surface area contributed by atoms with Crippen molar-refractivity contribution in [3.8, 4) is 22.4 Å². The fourth-order valence-corrected chi connectivity index (χ4v) is 4.39. The summed E-state index contributed by atoms with van der Waals surface area (Å²) in [5.74, 6) is -0.337. The van der Waals surface area contributed by atoms with E-state index in [1.807, 2.05) is 54.7 Å². The number of pyridine rings is 1. The van der Waals surface area contributed by atoms with E-state index in [9.17, 15) is 9.90 Å². The van der Waals surface area contributed by atoms with Crippen LogP contribution in [-0.4, -0.2) is 36.2 Å². The monoisotopic (exact) mass is 428 g/mol. The molecule has 5 N–H and O–H groups in total. The summed E-state index contributed by atoms with van der Waals surface area (Å²) in [6, 6.07) is 15.8. The van der Waals surface area contributed by atoms with E-state index < -0.39 is 11.5 Å². The molecule has 32 heavy (non-hydrogen) atoms. The standard InChI is InChI=1S/C24H24N6O2/c25-21-12-20(16-8-10-24(26,11-9-16)23(31)32)29-22-18(14-28-30(21)22)17-6-7-19(27-13-17)15-4-2-1-3-5-15/h1-7,12-14,16H,8-11,25-26H2,(H,31,32). The number of fused-ring (bicyclic) bond motifs is 1. The van der Waals surface area contributed by atoms with Gasteiger partial charge in [-0.3, -0.25) is 9.78 Å². The first kappa shape index (κ1) is 20.1. The SMILES string of the molecule is Nc1cc(C2CCC(N)(C(=O)O)CC2)nc2c(-c3ccc(-c4ccccc4)nc3)cnn12. The largest absolute Gasteiger partial charge is 0.480 e. The van der Waals surface area contributed by atoms with Crippen molar-refractivity contribution in [1.82, 2.24) is 19.6 Å². The van der Waals surface area contributed by atoms with Crippen LogP contribution in [0.2, 0.25) is 0 Å². The van der Waals surface area contributed by atoms with Gasteiger partial charge in [0.25, 0.3) is 0 Å². The van der Waals surface area contributed by atoms with Crippen LogP contribution in [0, 0.1) is 0 Å². The van der Waals surface area contributed by atoms with E-state index in [0.29, 0.717) is 37.1 Å². The summed E-state index contributed by atoms with van der Waals surface area (Å²) >= 11 is 0. The Kier molecular flexibility index (Phi) is 4.86. The molecule has 0 radical (unpaired) electrons. The van der Waals surface area contributed by atoms with Crippen molar-refractivity contribution in [2.45, 2.75) is 37.1 Å². The molecule has 3 heterocycles. The first-order valence-corrected chi connectivity index (χ1v) is 10.6. The molecule has 1 aliphatic rings. The molecule has 0 bridgehead atoms. The summed E-state index contributed by atoms with van der Waals surface area (Å²) in [6.45, 7) is 0. The van der Waals surface area contributed by atoms with Crippen LogP contribution >= 0.6 is 0 Å². The zero-order chi connectivity index (χ0) is 22.3. The second kappa shape index (κ2) is 7.72. The lowest BCUT2D eigenvalue weighted by atomic mass is 9.76. The third kappa shape index (κ3) is 3.48. The lowest BCUT2D eigenvalue weighted by Crippen LogP contribution is -2.50. The van der Waals surface area contributed by atoms with Crippen molar-refractivity contribution in [2.24, 2.45) is 5.73 Å². The van der Waals surface area contributed by atoms with E-state index >= 15 is 0 Å². The topological polar surface area (TPSA) is 132 Å². The Balaban J connectivity index is 1.47. The highest BCUT2D eigenvalue weighted by Crippen LogP contribution is 2.37. The number of nitrogen functional groups attached to an aromatic ring is 1. The molecule has 1 aromatic carbocycles. The van der Waals surface area contributed by atoms with Crippen molar-refractivity contribution in [3.63, 3.8) is 0 Å². The van der Waals surface area contributed by atoms with Crippen molar-refractivity contribution in [3.05, 3.63) is 66.6 Å². The maximum Gasteiger partial charge on any atom is 0.323 e. The number of carbonyl (C=O) groups is 1. The van der Waals surface area contributed by atoms with E-state index in [-0.39, 0.29) is 5.92 Å². The molecule has 8 nitrogen and oxygen atoms in total. The van der Waals surface area contributed by atoms with Gasteiger partial charge in [0, 0.05) is 40.6 Å². The fraction of sp³-hybridized carbons (Fsp3) is 0.250. The van der Waals surface area contributed by atoms with Crippen LogP contribution in [0.5, 0.6) is 0 Å². The molecule has 8 heteroatoms. The molecule has 1 saturated carbocycles. The number of nitrogens with two attached hydrogens (primary N) is 2. The maximum absolute atomic E-state index is 11.5. The van der Waals surface area contributed by atoms with E-state index in [0.717, 1.165) is 28.1 Å². The molecule has 5 rings (SSSR count). The van der Waals surface area contributed by atoms with Gasteiger partial charge in [-0.1, -0.05) is 36.4 Å². The molecular formula is C24H24N6O2. The van der Waals surface area contributed by atoms with E-state index in [1.54, 1.807) is 10.7 Å². The number of benzene rings is 1. The van der Waals surface area contributed by atoms with Gasteiger partial charge in [0.1, 0.15) is 11.4 Å². The van der Waals surface area contributed by atoms with Crippen LogP contribution in [0.25, 0.3) is 28.0 Å². The van der Waals surface area contributed by atoms with Crippen LogP contribution in [0.4, 0.5) is 5.82 Å². The highest BCUT2D eigenvalue weighted by atomic mass is 16.4. The minimum Gasteiger partial charge on any atom is -0.480 e. The number of hydrogen-bond donors (Lipinski definition) is 3. The van der Waals surface area contributed by atoms with Crippen LogP contribution < -0.4 is 11.5 Å². The Bertz CT molecular complexity index is 1280. The van der Waals surface area contributed by atoms with Gasteiger partial charge in [-0.25, -0.2) is 4.98 Å². The summed E-state index contributed by atoms with van der Waals surface area (Å²) in [5.41, 5.74) is 16.4. The number of anilines is 1. The highest BCUT2D eigenvalue weighted by molar-refractivity contribution is 5.79. The Morgan fingerprint density at radius 1 is 1.06 bits per heavy atom. The summed E-state index contributed by atoms with van der Waals surface area (Å²) in [6.07, 6.45) is 5.70. The van der Waals surface area contributed by atoms with Crippen molar-refractivity contribution >= 4 is 17.4 Å². The Hall–Kier alpha value is -3.78. The van der Waals surface area contributed by atoms with Gasteiger partial charge in [-0.15, -0.1) is 0 Å². The normalized spacial score (nSPS) is 21.0. The molecule has 0 spiro atoms. The molecule has 0 unspecified atom stereocenters. The first-order valence-electron chi connectivity index (χ1n) is 10.6. The molecule has 3 aromatic heterocycles. The van der Waals surface area contributed by atoms with Gasteiger partial charge in [0.05, 0.1) is 11.9 Å². The number of aliphatic carboxylic acids is 1. The molecule has 1 aliphatic carbocycles. The molecule has 0 saturated heterocycles. The maximum atomic E-state index is 11.5. The molecule has 1 fully saturated rings. The smallest absolute Gasteiger partial charge is 0.323 e. The summed E-state index contributed by atoms with van der Waals surface area (Å²) in [7, 11) is 0. The zero-order valence-electron chi connectivity index (χ0n) is 17.5. The summed E-state index contributed by atoms with van der Waals surface area (Å²) < 4.78 is 1.62. The van der Waals surface area contributed by atoms with E-state index in [2.05, 4.69) is 10.1 Å². The van der Waals surface area contributed by atoms with Crippen molar-refractivity contribution in [1.29, 1.82) is 0 Å². The lowest BCUT2D eigenvalue weighted by molar-refractivity contribution is -0.144. The first-order chi connectivity index (χ1) is 15.4. The van der Waals surface area contributed by atoms with Gasteiger partial charge in [0.15, 0.2) is 5.65 Å². The predicted octanol–water partition coefficient (Wildman–Crippen LogP) is 3.48. The Morgan fingerprint density at radius 2 is 1.81 bits per heavy atom. The molecule has 0 atom stereocenters. The number of carboxylic acids is 1. The predicted molar refractivity (Wildman–Crippen MR) is 122 cm³/mol. The van der Waals surface area contributed by atoms with Crippen molar-refractivity contribution < 1.29 is 9.90 Å². The van der Waals surface area contributed by atoms with E-state index in [4.69, 9.17) is 16.5 Å². The molecule has 162 valence electrons. The van der Waals surface area contributed by atoms with Crippen molar-refractivity contribution in [2.75, 3.05) is 5.73 Å². The van der Waals surface area contributed by atoms with Gasteiger partial charge in [-0.2, -0.15) is 9.61 Å². The Morgan fingerprint density at radius 3 is 2.47 bits per heavy atom. The minimum absolute atomic E-state index is 0.111. The second-order valence-electron chi connectivity index (χ2n) is 8.43. The fourth-order valence-electron chi connectivity index (χ4n) is 4.39. The number of aromatic nitrogens is 4. The zero-order valence-corrected chi connectivity index (χ0v) is 17.5.